The molecular weight excluding hydrogens is 380 g/mol. The van der Waals surface area contributed by atoms with Gasteiger partial charge in [0.25, 0.3) is 0 Å². The Hall–Kier alpha value is -2.45. The van der Waals surface area contributed by atoms with Gasteiger partial charge in [-0.05, 0) is 28.6 Å². The topological polar surface area (TPSA) is 68.2 Å². The van der Waals surface area contributed by atoms with Crippen molar-refractivity contribution in [3.63, 3.8) is 0 Å². The first kappa shape index (κ1) is 17.9. The quantitative estimate of drug-likeness (QED) is 0.601. The first-order valence-electron chi connectivity index (χ1n) is 8.70. The van der Waals surface area contributed by atoms with Crippen LogP contribution in [0.1, 0.15) is 32.1 Å². The molecule has 1 amide bonds. The number of anilines is 1. The molecule has 0 saturated heterocycles. The summed E-state index contributed by atoms with van der Waals surface area (Å²) < 4.78 is 6.29. The number of aromatic nitrogens is 3. The van der Waals surface area contributed by atoms with Gasteiger partial charge in [-0.1, -0.05) is 43.8 Å². The summed E-state index contributed by atoms with van der Waals surface area (Å²) in [5.74, 6) is 1.21. The molecule has 1 aliphatic rings. The fourth-order valence-electron chi connectivity index (χ4n) is 2.98. The first-order valence-corrected chi connectivity index (χ1v) is 10.6. The normalized spacial score (nSPS) is 15.5. The molecule has 4 rings (SSSR count). The summed E-state index contributed by atoms with van der Waals surface area (Å²) in [5, 5.41) is 13.1. The van der Waals surface area contributed by atoms with E-state index in [4.69, 9.17) is 4.74 Å². The lowest BCUT2D eigenvalue weighted by molar-refractivity contribution is -0.120. The number of fused-ring (bicyclic) bond motifs is 3. The van der Waals surface area contributed by atoms with Crippen LogP contribution in [0, 0.1) is 0 Å². The molecule has 0 radical (unpaired) electrons. The van der Waals surface area contributed by atoms with Gasteiger partial charge in [-0.2, -0.15) is 16.3 Å². The van der Waals surface area contributed by atoms with Crippen molar-refractivity contribution >= 4 is 34.7 Å². The third kappa shape index (κ3) is 3.30. The van der Waals surface area contributed by atoms with Crippen LogP contribution in [-0.4, -0.2) is 26.8 Å². The molecule has 6 nitrogen and oxygen atoms in total. The molecule has 3 heterocycles. The lowest BCUT2D eigenvalue weighted by Crippen LogP contribution is -2.37. The molecule has 1 atom stereocenters. The van der Waals surface area contributed by atoms with E-state index in [1.54, 1.807) is 16.2 Å². The number of para-hydroxylation sites is 1. The number of carbonyl (C=O) groups is 1. The number of thiophene rings is 1. The maximum atomic E-state index is 12.9. The summed E-state index contributed by atoms with van der Waals surface area (Å²) in [7, 11) is 0. The summed E-state index contributed by atoms with van der Waals surface area (Å²) in [5.41, 5.74) is 3.01. The van der Waals surface area contributed by atoms with Crippen LogP contribution in [0.2, 0.25) is 0 Å². The fourth-order valence-corrected chi connectivity index (χ4v) is 4.15. The number of nitrogens with zero attached hydrogens (tertiary/aromatic N) is 4. The van der Waals surface area contributed by atoms with E-state index < -0.39 is 6.23 Å². The van der Waals surface area contributed by atoms with Crippen LogP contribution in [0.5, 0.6) is 5.88 Å². The standard InChI is InChI=1S/C19H18N4O2S2/c1-3-15(24)23-14-8-6-5-7-13(14)16-17(20-19(22-21-16)27-4-2)25-18(23)12-9-10-26-11-12/h5-11,18H,3-4H2,1-2H3/t18-/m1/s1. The molecule has 27 heavy (non-hydrogen) atoms. The molecule has 0 unspecified atom stereocenters. The van der Waals surface area contributed by atoms with Gasteiger partial charge in [0.2, 0.25) is 23.2 Å². The molecule has 0 N–H and O–H groups in total. The zero-order valence-electron chi connectivity index (χ0n) is 15.0. The number of rotatable bonds is 4. The Labute approximate surface area is 165 Å². The molecule has 2 aromatic heterocycles. The van der Waals surface area contributed by atoms with Gasteiger partial charge in [-0.3, -0.25) is 9.69 Å². The highest BCUT2D eigenvalue weighted by Crippen LogP contribution is 2.43. The van der Waals surface area contributed by atoms with Crippen LogP contribution >= 0.6 is 23.1 Å². The van der Waals surface area contributed by atoms with E-state index in [9.17, 15) is 4.79 Å². The van der Waals surface area contributed by atoms with Crippen LogP contribution in [-0.2, 0) is 4.79 Å². The number of thioether (sulfide) groups is 1. The van der Waals surface area contributed by atoms with E-state index in [2.05, 4.69) is 15.2 Å². The molecule has 0 bridgehead atoms. The van der Waals surface area contributed by atoms with Gasteiger partial charge in [0.05, 0.1) is 5.69 Å². The van der Waals surface area contributed by atoms with Gasteiger partial charge in [0.1, 0.15) is 0 Å². The average Bonchev–Trinajstić information content (AvgIpc) is 3.18. The molecule has 1 aromatic carbocycles. The van der Waals surface area contributed by atoms with Gasteiger partial charge in [-0.15, -0.1) is 10.2 Å². The van der Waals surface area contributed by atoms with E-state index in [1.807, 2.05) is 54.9 Å². The minimum Gasteiger partial charge on any atom is -0.447 e. The maximum absolute atomic E-state index is 12.9. The predicted molar refractivity (Wildman–Crippen MR) is 107 cm³/mol. The minimum atomic E-state index is -0.595. The highest BCUT2D eigenvalue weighted by molar-refractivity contribution is 7.99. The van der Waals surface area contributed by atoms with Gasteiger partial charge in [-0.25, -0.2) is 0 Å². The smallest absolute Gasteiger partial charge is 0.247 e. The minimum absolute atomic E-state index is 0.0254. The van der Waals surface area contributed by atoms with Gasteiger partial charge in [0.15, 0.2) is 5.69 Å². The van der Waals surface area contributed by atoms with Gasteiger partial charge in [0, 0.05) is 17.5 Å². The first-order chi connectivity index (χ1) is 13.2. The Balaban J connectivity index is 1.94. The van der Waals surface area contributed by atoms with E-state index >= 15 is 0 Å². The highest BCUT2D eigenvalue weighted by Gasteiger charge is 2.35. The lowest BCUT2D eigenvalue weighted by atomic mass is 10.1. The second-order valence-electron chi connectivity index (χ2n) is 5.84. The maximum Gasteiger partial charge on any atom is 0.247 e. The molecule has 0 spiro atoms. The van der Waals surface area contributed by atoms with Crippen LogP contribution in [0.25, 0.3) is 11.3 Å². The zero-order chi connectivity index (χ0) is 18.8. The van der Waals surface area contributed by atoms with E-state index in [0.717, 1.165) is 22.6 Å². The van der Waals surface area contributed by atoms with Crippen molar-refractivity contribution in [1.29, 1.82) is 0 Å². The number of benzene rings is 1. The number of ether oxygens (including phenoxy) is 1. The Morgan fingerprint density at radius 1 is 1.26 bits per heavy atom. The van der Waals surface area contributed by atoms with E-state index in [1.165, 1.54) is 11.8 Å². The Kier molecular flexibility index (Phi) is 5.09. The monoisotopic (exact) mass is 398 g/mol. The second-order valence-corrected chi connectivity index (χ2v) is 7.85. The Morgan fingerprint density at radius 3 is 2.85 bits per heavy atom. The SMILES string of the molecule is CCSc1nnc2c(n1)O[C@H](c1ccsc1)N(C(=O)CC)c1ccccc1-2. The molecule has 0 aliphatic carbocycles. The summed E-state index contributed by atoms with van der Waals surface area (Å²) in [4.78, 5) is 19.2. The number of hydrogen-bond acceptors (Lipinski definition) is 7. The largest absolute Gasteiger partial charge is 0.447 e. The number of carbonyl (C=O) groups excluding carboxylic acids is 1. The van der Waals surface area contributed by atoms with Crippen molar-refractivity contribution in [2.75, 3.05) is 10.7 Å². The second kappa shape index (κ2) is 7.66. The lowest BCUT2D eigenvalue weighted by Gasteiger charge is -2.30. The van der Waals surface area contributed by atoms with Crippen LogP contribution in [0.4, 0.5) is 5.69 Å². The fraction of sp³-hybridized carbons (Fsp3) is 0.263. The Morgan fingerprint density at radius 2 is 2.11 bits per heavy atom. The van der Waals surface area contributed by atoms with Crippen LogP contribution < -0.4 is 9.64 Å². The molecule has 0 fully saturated rings. The predicted octanol–water partition coefficient (Wildman–Crippen LogP) is 4.55. The summed E-state index contributed by atoms with van der Waals surface area (Å²) >= 11 is 3.07. The third-order valence-corrected chi connectivity index (χ3v) is 5.61. The summed E-state index contributed by atoms with van der Waals surface area (Å²) in [6, 6.07) is 9.63. The third-order valence-electron chi connectivity index (χ3n) is 4.18. The van der Waals surface area contributed by atoms with E-state index in [0.29, 0.717) is 23.2 Å². The van der Waals surface area contributed by atoms with Crippen molar-refractivity contribution in [3.8, 4) is 17.1 Å². The molecule has 0 saturated carbocycles. The molecule has 138 valence electrons. The van der Waals surface area contributed by atoms with Gasteiger partial charge < -0.3 is 4.74 Å². The zero-order valence-corrected chi connectivity index (χ0v) is 16.6. The van der Waals surface area contributed by atoms with Crippen LogP contribution in [0.15, 0.2) is 46.2 Å². The molecule has 3 aromatic rings. The molecule has 8 heteroatoms. The van der Waals surface area contributed by atoms with Crippen molar-refractivity contribution in [1.82, 2.24) is 15.2 Å². The number of amides is 1. The van der Waals surface area contributed by atoms with Crippen molar-refractivity contribution in [3.05, 3.63) is 46.7 Å². The molecule has 1 aliphatic heterocycles. The Bertz CT molecular complexity index is 962. The summed E-state index contributed by atoms with van der Waals surface area (Å²) in [6.45, 7) is 3.88. The van der Waals surface area contributed by atoms with Crippen molar-refractivity contribution in [2.45, 2.75) is 31.7 Å². The van der Waals surface area contributed by atoms with Crippen LogP contribution in [0.3, 0.4) is 0 Å². The number of hydrogen-bond donors (Lipinski definition) is 0. The van der Waals surface area contributed by atoms with E-state index in [-0.39, 0.29) is 5.91 Å². The van der Waals surface area contributed by atoms with Gasteiger partial charge >= 0.3 is 0 Å². The average molecular weight is 399 g/mol. The highest BCUT2D eigenvalue weighted by atomic mass is 32.2. The summed E-state index contributed by atoms with van der Waals surface area (Å²) in [6.07, 6.45) is -0.229. The van der Waals surface area contributed by atoms with Crippen molar-refractivity contribution in [2.24, 2.45) is 0 Å². The molecular formula is C19H18N4O2S2. The van der Waals surface area contributed by atoms with Crippen molar-refractivity contribution < 1.29 is 9.53 Å².